The van der Waals surface area contributed by atoms with E-state index in [2.05, 4.69) is 22.2 Å². The molecule has 27 heavy (non-hydrogen) atoms. The van der Waals surface area contributed by atoms with Crippen LogP contribution in [0.25, 0.3) is 0 Å². The summed E-state index contributed by atoms with van der Waals surface area (Å²) < 4.78 is 23.4. The van der Waals surface area contributed by atoms with Crippen LogP contribution in [-0.2, 0) is 22.8 Å². The molecule has 0 spiro atoms. The van der Waals surface area contributed by atoms with E-state index in [9.17, 15) is 18.5 Å². The number of nitro benzene ring substituents is 1. The number of nitrogens with zero attached hydrogens (tertiary/aromatic N) is 4. The molecule has 1 aromatic heterocycles. The lowest BCUT2D eigenvalue weighted by Crippen LogP contribution is -2.46. The third kappa shape index (κ3) is 4.63. The normalized spacial score (nSPS) is 15.9. The van der Waals surface area contributed by atoms with E-state index in [0.29, 0.717) is 18.8 Å². The van der Waals surface area contributed by atoms with Crippen LogP contribution in [0.3, 0.4) is 0 Å². The summed E-state index contributed by atoms with van der Waals surface area (Å²) in [7, 11) is -3.49. The molecule has 0 unspecified atom stereocenters. The number of hydrogen-bond acceptors (Lipinski definition) is 8. The third-order valence-electron chi connectivity index (χ3n) is 4.57. The molecule has 0 radical (unpaired) electrons. The first-order valence-corrected chi connectivity index (χ1v) is 11.4. The Bertz CT molecular complexity index is 934. The van der Waals surface area contributed by atoms with Crippen molar-refractivity contribution < 1.29 is 13.3 Å². The van der Waals surface area contributed by atoms with Crippen LogP contribution in [0.5, 0.6) is 0 Å². The molecular formula is C17H22N4O4S2. The quantitative estimate of drug-likeness (QED) is 0.533. The third-order valence-corrected chi connectivity index (χ3v) is 6.72. The van der Waals surface area contributed by atoms with Gasteiger partial charge in [-0.15, -0.1) is 11.3 Å². The number of thiazole rings is 1. The van der Waals surface area contributed by atoms with Gasteiger partial charge in [0.2, 0.25) is 0 Å². The summed E-state index contributed by atoms with van der Waals surface area (Å²) in [6, 6.07) is 4.13. The van der Waals surface area contributed by atoms with Crippen molar-refractivity contribution in [2.75, 3.05) is 37.3 Å². The van der Waals surface area contributed by atoms with Gasteiger partial charge in [-0.3, -0.25) is 15.0 Å². The van der Waals surface area contributed by atoms with Crippen LogP contribution in [0.4, 0.5) is 11.4 Å². The van der Waals surface area contributed by atoms with E-state index in [0.717, 1.165) is 49.1 Å². The van der Waals surface area contributed by atoms with Crippen LogP contribution in [-0.4, -0.2) is 55.7 Å². The zero-order valence-corrected chi connectivity index (χ0v) is 16.9. The molecule has 1 aliphatic rings. The molecule has 1 aliphatic heterocycles. The highest BCUT2D eigenvalue weighted by molar-refractivity contribution is 7.90. The summed E-state index contributed by atoms with van der Waals surface area (Å²) in [6.07, 6.45) is 1.98. The van der Waals surface area contributed by atoms with Gasteiger partial charge in [-0.25, -0.2) is 13.4 Å². The van der Waals surface area contributed by atoms with E-state index < -0.39 is 14.8 Å². The second-order valence-electron chi connectivity index (χ2n) is 6.53. The molecular weight excluding hydrogens is 388 g/mol. The molecule has 2 heterocycles. The molecule has 3 rings (SSSR count). The molecule has 0 N–H and O–H groups in total. The molecule has 1 fully saturated rings. The van der Waals surface area contributed by atoms with E-state index in [4.69, 9.17) is 0 Å². The fourth-order valence-corrected chi connectivity index (χ4v) is 4.48. The van der Waals surface area contributed by atoms with Crippen LogP contribution in [0.15, 0.2) is 28.5 Å². The van der Waals surface area contributed by atoms with E-state index in [1.54, 1.807) is 11.3 Å². The summed E-state index contributed by atoms with van der Waals surface area (Å²) in [4.78, 5) is 19.7. The number of hydrogen-bond donors (Lipinski definition) is 0. The first kappa shape index (κ1) is 19.7. The highest BCUT2D eigenvalue weighted by Gasteiger charge is 2.25. The van der Waals surface area contributed by atoms with Crippen LogP contribution in [0.2, 0.25) is 0 Å². The Labute approximate surface area is 162 Å². The number of aromatic nitrogens is 1. The highest BCUT2D eigenvalue weighted by Crippen LogP contribution is 2.31. The summed E-state index contributed by atoms with van der Waals surface area (Å²) in [5.41, 5.74) is 1.36. The second-order valence-corrected chi connectivity index (χ2v) is 9.49. The molecule has 0 aliphatic carbocycles. The number of benzene rings is 1. The second kappa shape index (κ2) is 7.91. The minimum Gasteiger partial charge on any atom is -0.363 e. The number of sulfone groups is 1. The van der Waals surface area contributed by atoms with Gasteiger partial charge >= 0.3 is 0 Å². The maximum absolute atomic E-state index is 11.7. The average Bonchev–Trinajstić information content (AvgIpc) is 3.08. The summed E-state index contributed by atoms with van der Waals surface area (Å²) in [5.74, 6) is 0. The zero-order chi connectivity index (χ0) is 19.6. The van der Waals surface area contributed by atoms with Gasteiger partial charge < -0.3 is 4.90 Å². The van der Waals surface area contributed by atoms with E-state index in [1.807, 2.05) is 4.90 Å². The lowest BCUT2D eigenvalue weighted by atomic mass is 10.2. The van der Waals surface area contributed by atoms with E-state index in [1.165, 1.54) is 12.1 Å². The Morgan fingerprint density at radius 2 is 1.96 bits per heavy atom. The molecule has 0 amide bonds. The Hall–Kier alpha value is -2.04. The first-order valence-electron chi connectivity index (χ1n) is 8.67. The van der Waals surface area contributed by atoms with Crippen molar-refractivity contribution in [3.63, 3.8) is 0 Å². The smallest absolute Gasteiger partial charge is 0.293 e. The lowest BCUT2D eigenvalue weighted by molar-refractivity contribution is -0.384. The highest BCUT2D eigenvalue weighted by atomic mass is 32.2. The van der Waals surface area contributed by atoms with Gasteiger partial charge in [-0.2, -0.15) is 0 Å². The predicted molar refractivity (Wildman–Crippen MR) is 105 cm³/mol. The largest absolute Gasteiger partial charge is 0.363 e. The molecule has 1 aromatic carbocycles. The Balaban J connectivity index is 1.71. The maximum Gasteiger partial charge on any atom is 0.293 e. The summed E-state index contributed by atoms with van der Waals surface area (Å²) in [6.45, 7) is 5.68. The van der Waals surface area contributed by atoms with Crippen LogP contribution in [0.1, 0.15) is 17.6 Å². The summed E-state index contributed by atoms with van der Waals surface area (Å²) in [5, 5.41) is 14.7. The fraction of sp³-hybridized carbons (Fsp3) is 0.471. The zero-order valence-electron chi connectivity index (χ0n) is 15.3. The Morgan fingerprint density at radius 1 is 1.26 bits per heavy atom. The van der Waals surface area contributed by atoms with Crippen molar-refractivity contribution in [2.45, 2.75) is 24.8 Å². The SMILES string of the molecule is CCc1nc(CN2CCN(c3ccc(S(C)(=O)=O)cc3[N+](=O)[O-])CC2)cs1. The molecule has 8 nitrogen and oxygen atoms in total. The van der Waals surface area contributed by atoms with Crippen molar-refractivity contribution in [3.8, 4) is 0 Å². The first-order chi connectivity index (χ1) is 12.8. The number of aryl methyl sites for hydroxylation is 1. The average molecular weight is 411 g/mol. The fourth-order valence-electron chi connectivity index (χ4n) is 3.11. The minimum atomic E-state index is -3.49. The Kier molecular flexibility index (Phi) is 5.78. The van der Waals surface area contributed by atoms with Gasteiger partial charge in [0.25, 0.3) is 5.69 Å². The molecule has 1 saturated heterocycles. The molecule has 0 saturated carbocycles. The number of nitro groups is 1. The van der Waals surface area contributed by atoms with Gasteiger partial charge in [0.05, 0.1) is 20.5 Å². The van der Waals surface area contributed by atoms with Crippen molar-refractivity contribution in [1.82, 2.24) is 9.88 Å². The Morgan fingerprint density at radius 3 is 2.52 bits per heavy atom. The molecule has 0 atom stereocenters. The van der Waals surface area contributed by atoms with E-state index in [-0.39, 0.29) is 10.6 Å². The molecule has 2 aromatic rings. The maximum atomic E-state index is 11.7. The molecule has 0 bridgehead atoms. The van der Waals surface area contributed by atoms with Crippen LogP contribution in [0, 0.1) is 10.1 Å². The van der Waals surface area contributed by atoms with Crippen molar-refractivity contribution >= 4 is 32.5 Å². The van der Waals surface area contributed by atoms with Gasteiger partial charge in [-0.05, 0) is 18.6 Å². The van der Waals surface area contributed by atoms with Crippen molar-refractivity contribution in [3.05, 3.63) is 44.4 Å². The van der Waals surface area contributed by atoms with Gasteiger partial charge in [0.15, 0.2) is 9.84 Å². The van der Waals surface area contributed by atoms with Crippen molar-refractivity contribution in [2.24, 2.45) is 0 Å². The summed E-state index contributed by atoms with van der Waals surface area (Å²) >= 11 is 1.67. The number of rotatable bonds is 6. The molecule has 146 valence electrons. The van der Waals surface area contributed by atoms with Crippen LogP contribution >= 0.6 is 11.3 Å². The van der Waals surface area contributed by atoms with Crippen LogP contribution < -0.4 is 4.90 Å². The van der Waals surface area contributed by atoms with E-state index >= 15 is 0 Å². The predicted octanol–water partition coefficient (Wildman–Crippen LogP) is 2.34. The lowest BCUT2D eigenvalue weighted by Gasteiger charge is -2.35. The minimum absolute atomic E-state index is 0.0353. The molecule has 10 heteroatoms. The standard InChI is InChI=1S/C17H22N4O4S2/c1-3-17-18-13(12-26-17)11-19-6-8-20(9-7-19)15-5-4-14(27(2,24)25)10-16(15)21(22)23/h4-5,10,12H,3,6-9,11H2,1-2H3. The van der Waals surface area contributed by atoms with Gasteiger partial charge in [-0.1, -0.05) is 6.92 Å². The topological polar surface area (TPSA) is 96.7 Å². The monoisotopic (exact) mass is 410 g/mol. The number of piperazine rings is 1. The van der Waals surface area contributed by atoms with Gasteiger partial charge in [0.1, 0.15) is 5.69 Å². The van der Waals surface area contributed by atoms with Gasteiger partial charge in [0, 0.05) is 50.4 Å². The van der Waals surface area contributed by atoms with Crippen molar-refractivity contribution in [1.29, 1.82) is 0 Å². The number of anilines is 1.